The molecule has 1 fully saturated rings. The molecule has 0 radical (unpaired) electrons. The molecule has 5 nitrogen and oxygen atoms in total. The van der Waals surface area contributed by atoms with Gasteiger partial charge in [-0.15, -0.1) is 0 Å². The van der Waals surface area contributed by atoms with E-state index in [1.807, 2.05) is 20.0 Å². The van der Waals surface area contributed by atoms with Gasteiger partial charge >= 0.3 is 0 Å². The minimum absolute atomic E-state index is 0.104. The summed E-state index contributed by atoms with van der Waals surface area (Å²) in [6.07, 6.45) is 2.25. The lowest BCUT2D eigenvalue weighted by atomic mass is 9.99. The van der Waals surface area contributed by atoms with Crippen molar-refractivity contribution in [1.82, 2.24) is 15.5 Å². The molecular formula is C21H33ClN4O. The number of anilines is 1. The molecule has 0 spiro atoms. The van der Waals surface area contributed by atoms with Crippen LogP contribution in [0.15, 0.2) is 24.3 Å². The van der Waals surface area contributed by atoms with Crippen molar-refractivity contribution in [2.75, 3.05) is 51.7 Å². The number of carbonyl (C=O) groups excluding carboxylic acids is 1. The van der Waals surface area contributed by atoms with E-state index in [0.29, 0.717) is 29.7 Å². The number of hydrogen-bond acceptors (Lipinski definition) is 4. The maximum Gasteiger partial charge on any atom is 0.251 e. The van der Waals surface area contributed by atoms with E-state index in [9.17, 15) is 4.79 Å². The summed E-state index contributed by atoms with van der Waals surface area (Å²) in [5, 5.41) is 6.60. The topological polar surface area (TPSA) is 47.6 Å². The number of benzene rings is 1. The van der Waals surface area contributed by atoms with Crippen molar-refractivity contribution in [3.63, 3.8) is 0 Å². The second-order valence-electron chi connectivity index (χ2n) is 7.38. The molecular weight excluding hydrogens is 360 g/mol. The maximum atomic E-state index is 12.8. The number of nitrogens with one attached hydrogen (secondary N) is 2. The van der Waals surface area contributed by atoms with Gasteiger partial charge in [0.1, 0.15) is 0 Å². The third-order valence-corrected chi connectivity index (χ3v) is 5.51. The minimum atomic E-state index is -0.104. The largest absolute Gasteiger partial charge is 0.368 e. The average Bonchev–Trinajstić information content (AvgIpc) is 2.64. The normalized spacial score (nSPS) is 15.6. The first kappa shape index (κ1) is 21.7. The number of amides is 1. The summed E-state index contributed by atoms with van der Waals surface area (Å²) >= 11 is 6.40. The van der Waals surface area contributed by atoms with Crippen LogP contribution in [0.2, 0.25) is 5.02 Å². The van der Waals surface area contributed by atoms with Crippen molar-refractivity contribution in [2.24, 2.45) is 0 Å². The van der Waals surface area contributed by atoms with Gasteiger partial charge in [0.2, 0.25) is 0 Å². The van der Waals surface area contributed by atoms with E-state index >= 15 is 0 Å². The van der Waals surface area contributed by atoms with E-state index < -0.39 is 0 Å². The summed E-state index contributed by atoms with van der Waals surface area (Å²) in [6, 6.07) is 4.24. The fourth-order valence-electron chi connectivity index (χ4n) is 3.74. The lowest BCUT2D eigenvalue weighted by Crippen LogP contribution is -2.44. The summed E-state index contributed by atoms with van der Waals surface area (Å²) in [5.41, 5.74) is 3.63. The van der Waals surface area contributed by atoms with Gasteiger partial charge in [-0.1, -0.05) is 18.2 Å². The zero-order valence-corrected chi connectivity index (χ0v) is 17.8. The van der Waals surface area contributed by atoms with Crippen LogP contribution in [-0.4, -0.2) is 63.7 Å². The van der Waals surface area contributed by atoms with Gasteiger partial charge in [-0.3, -0.25) is 4.79 Å². The maximum absolute atomic E-state index is 12.8. The molecule has 2 N–H and O–H groups in total. The Morgan fingerprint density at radius 3 is 2.59 bits per heavy atom. The first-order valence-electron chi connectivity index (χ1n) is 9.72. The van der Waals surface area contributed by atoms with Gasteiger partial charge in [0, 0.05) is 41.9 Å². The second kappa shape index (κ2) is 10.1. The van der Waals surface area contributed by atoms with Crippen LogP contribution in [0.5, 0.6) is 0 Å². The van der Waals surface area contributed by atoms with Gasteiger partial charge in [-0.05, 0) is 77.1 Å². The monoisotopic (exact) mass is 392 g/mol. The molecule has 1 amide bonds. The SMILES string of the molecule is C=C(CNC)CNC(=O)c1cc(Cl)cc(N(CC)C2CCN(C)CC2)c1C. The Hall–Kier alpha value is -1.56. The molecule has 1 aliphatic heterocycles. The molecule has 0 saturated carbocycles. The standard InChI is InChI=1S/C21H33ClN4O/c1-6-26(18-7-9-25(5)10-8-18)20-12-17(22)11-19(16(20)3)21(27)24-14-15(2)13-23-4/h11-12,18,23H,2,6-10,13-14H2,1,3-5H3,(H,24,27). The van der Waals surface area contributed by atoms with Gasteiger partial charge < -0.3 is 20.4 Å². The zero-order valence-electron chi connectivity index (χ0n) is 17.1. The van der Waals surface area contributed by atoms with Crippen molar-refractivity contribution in [1.29, 1.82) is 0 Å². The van der Waals surface area contributed by atoms with Crippen LogP contribution in [0.3, 0.4) is 0 Å². The molecule has 6 heteroatoms. The number of rotatable bonds is 8. The lowest BCUT2D eigenvalue weighted by Gasteiger charge is -2.39. The Labute approximate surface area is 168 Å². The average molecular weight is 393 g/mol. The highest BCUT2D eigenvalue weighted by Gasteiger charge is 2.25. The highest BCUT2D eigenvalue weighted by atomic mass is 35.5. The quantitative estimate of drug-likeness (QED) is 0.667. The van der Waals surface area contributed by atoms with Crippen molar-refractivity contribution in [3.8, 4) is 0 Å². The summed E-state index contributed by atoms with van der Waals surface area (Å²) in [4.78, 5) is 17.5. The van der Waals surface area contributed by atoms with Crippen LogP contribution >= 0.6 is 11.6 Å². The third-order valence-electron chi connectivity index (χ3n) is 5.29. The molecule has 1 heterocycles. The number of piperidine rings is 1. The van der Waals surface area contributed by atoms with Gasteiger partial charge in [0.25, 0.3) is 5.91 Å². The number of halogens is 1. The van der Waals surface area contributed by atoms with Crippen molar-refractivity contribution >= 4 is 23.2 Å². The van der Waals surface area contributed by atoms with Crippen LogP contribution in [0.4, 0.5) is 5.69 Å². The molecule has 0 aliphatic carbocycles. The van der Waals surface area contributed by atoms with E-state index in [0.717, 1.165) is 49.3 Å². The molecule has 150 valence electrons. The first-order valence-corrected chi connectivity index (χ1v) is 10.1. The molecule has 1 aliphatic rings. The van der Waals surface area contributed by atoms with E-state index in [4.69, 9.17) is 11.6 Å². The Morgan fingerprint density at radius 2 is 2.00 bits per heavy atom. The molecule has 2 rings (SSSR count). The number of likely N-dealkylation sites (N-methyl/N-ethyl adjacent to an activating group) is 1. The number of likely N-dealkylation sites (tertiary alicyclic amines) is 1. The molecule has 1 aromatic carbocycles. The summed E-state index contributed by atoms with van der Waals surface area (Å²) in [7, 11) is 4.03. The van der Waals surface area contributed by atoms with E-state index in [1.54, 1.807) is 6.07 Å². The van der Waals surface area contributed by atoms with Crippen LogP contribution in [0.25, 0.3) is 0 Å². The fourth-order valence-corrected chi connectivity index (χ4v) is 3.96. The smallest absolute Gasteiger partial charge is 0.251 e. The van der Waals surface area contributed by atoms with Gasteiger partial charge in [0.15, 0.2) is 0 Å². The Balaban J connectivity index is 2.22. The Morgan fingerprint density at radius 1 is 1.33 bits per heavy atom. The second-order valence-corrected chi connectivity index (χ2v) is 7.82. The predicted molar refractivity (Wildman–Crippen MR) is 115 cm³/mol. The van der Waals surface area contributed by atoms with Crippen molar-refractivity contribution in [3.05, 3.63) is 40.4 Å². The van der Waals surface area contributed by atoms with Crippen molar-refractivity contribution < 1.29 is 4.79 Å². The number of carbonyl (C=O) groups is 1. The van der Waals surface area contributed by atoms with Crippen LogP contribution < -0.4 is 15.5 Å². The predicted octanol–water partition coefficient (Wildman–Crippen LogP) is 3.07. The first-order chi connectivity index (χ1) is 12.9. The Kier molecular flexibility index (Phi) is 8.14. The minimum Gasteiger partial charge on any atom is -0.368 e. The molecule has 0 aromatic heterocycles. The highest BCUT2D eigenvalue weighted by Crippen LogP contribution is 2.31. The molecule has 0 unspecified atom stereocenters. The highest BCUT2D eigenvalue weighted by molar-refractivity contribution is 6.31. The number of nitrogens with zero attached hydrogens (tertiary/aromatic N) is 2. The molecule has 27 heavy (non-hydrogen) atoms. The summed E-state index contributed by atoms with van der Waals surface area (Å²) in [5.74, 6) is -0.104. The summed E-state index contributed by atoms with van der Waals surface area (Å²) in [6.45, 7) is 12.4. The van der Waals surface area contributed by atoms with Crippen LogP contribution in [0.1, 0.15) is 35.7 Å². The Bertz CT molecular complexity index is 668. The number of hydrogen-bond donors (Lipinski definition) is 2. The van der Waals surface area contributed by atoms with E-state index in [-0.39, 0.29) is 5.91 Å². The van der Waals surface area contributed by atoms with E-state index in [1.165, 1.54) is 0 Å². The van der Waals surface area contributed by atoms with Crippen LogP contribution in [-0.2, 0) is 0 Å². The van der Waals surface area contributed by atoms with E-state index in [2.05, 4.69) is 41.0 Å². The molecule has 0 atom stereocenters. The molecule has 0 bridgehead atoms. The van der Waals surface area contributed by atoms with Gasteiger partial charge in [-0.2, -0.15) is 0 Å². The van der Waals surface area contributed by atoms with Gasteiger partial charge in [0.05, 0.1) is 0 Å². The third kappa shape index (κ3) is 5.71. The summed E-state index contributed by atoms with van der Waals surface area (Å²) < 4.78 is 0. The zero-order chi connectivity index (χ0) is 20.0. The molecule has 1 saturated heterocycles. The van der Waals surface area contributed by atoms with Crippen molar-refractivity contribution in [2.45, 2.75) is 32.7 Å². The lowest BCUT2D eigenvalue weighted by molar-refractivity contribution is 0.0956. The van der Waals surface area contributed by atoms with Gasteiger partial charge in [-0.25, -0.2) is 0 Å². The fraction of sp³-hybridized carbons (Fsp3) is 0.571. The molecule has 1 aromatic rings. The van der Waals surface area contributed by atoms with Crippen LogP contribution in [0, 0.1) is 6.92 Å².